The lowest BCUT2D eigenvalue weighted by Gasteiger charge is -2.22. The van der Waals surface area contributed by atoms with E-state index in [2.05, 4.69) is 5.32 Å². The fourth-order valence-corrected chi connectivity index (χ4v) is 3.23. The van der Waals surface area contributed by atoms with Gasteiger partial charge in [0.2, 0.25) is 15.9 Å². The van der Waals surface area contributed by atoms with Crippen molar-refractivity contribution in [2.24, 2.45) is 0 Å². The Labute approximate surface area is 147 Å². The summed E-state index contributed by atoms with van der Waals surface area (Å²) >= 11 is 0. The maximum Gasteiger partial charge on any atom is 0.240 e. The molecule has 0 spiro atoms. The summed E-state index contributed by atoms with van der Waals surface area (Å²) in [5, 5.41) is 2.73. The van der Waals surface area contributed by atoms with Crippen molar-refractivity contribution in [1.29, 1.82) is 0 Å². The van der Waals surface area contributed by atoms with Crippen molar-refractivity contribution in [2.75, 3.05) is 23.7 Å². The molecule has 0 aliphatic heterocycles. The highest BCUT2D eigenvalue weighted by molar-refractivity contribution is 7.92. The molecule has 0 aliphatic rings. The van der Waals surface area contributed by atoms with Crippen LogP contribution < -0.4 is 9.62 Å². The van der Waals surface area contributed by atoms with Gasteiger partial charge in [-0.1, -0.05) is 43.3 Å². The second-order valence-corrected chi connectivity index (χ2v) is 7.77. The maximum atomic E-state index is 13.4. The first kappa shape index (κ1) is 18.9. The van der Waals surface area contributed by atoms with Gasteiger partial charge in [-0.2, -0.15) is 0 Å². The van der Waals surface area contributed by atoms with E-state index in [1.165, 1.54) is 18.2 Å². The van der Waals surface area contributed by atoms with E-state index in [4.69, 9.17) is 0 Å². The molecule has 0 saturated carbocycles. The van der Waals surface area contributed by atoms with E-state index in [9.17, 15) is 17.6 Å². The number of benzene rings is 2. The van der Waals surface area contributed by atoms with Crippen molar-refractivity contribution in [3.63, 3.8) is 0 Å². The largest absolute Gasteiger partial charge is 0.354 e. The first-order chi connectivity index (χ1) is 11.8. The molecule has 0 heterocycles. The molecule has 0 radical (unpaired) electrons. The number of rotatable bonds is 7. The molecule has 1 unspecified atom stereocenters. The minimum Gasteiger partial charge on any atom is -0.354 e. The fraction of sp³-hybridized carbons (Fsp3) is 0.278. The van der Waals surface area contributed by atoms with Crippen LogP contribution in [0.25, 0.3) is 0 Å². The molecule has 0 saturated heterocycles. The predicted octanol–water partition coefficient (Wildman–Crippen LogP) is 2.51. The molecule has 25 heavy (non-hydrogen) atoms. The van der Waals surface area contributed by atoms with E-state index < -0.39 is 28.3 Å². The maximum absolute atomic E-state index is 13.4. The summed E-state index contributed by atoms with van der Waals surface area (Å²) < 4.78 is 38.2. The molecule has 1 amide bonds. The van der Waals surface area contributed by atoms with E-state index in [-0.39, 0.29) is 11.6 Å². The van der Waals surface area contributed by atoms with Gasteiger partial charge in [-0.3, -0.25) is 9.10 Å². The fourth-order valence-electron chi connectivity index (χ4n) is 2.38. The van der Waals surface area contributed by atoms with E-state index in [1.807, 2.05) is 37.3 Å². The summed E-state index contributed by atoms with van der Waals surface area (Å²) in [5.74, 6) is -0.923. The van der Waals surface area contributed by atoms with Crippen LogP contribution in [0.1, 0.15) is 18.4 Å². The molecule has 2 rings (SSSR count). The molecule has 0 aromatic heterocycles. The van der Waals surface area contributed by atoms with Gasteiger partial charge in [0.1, 0.15) is 12.4 Å². The molecule has 7 heteroatoms. The molecular weight excluding hydrogens is 343 g/mol. The Morgan fingerprint density at radius 1 is 1.16 bits per heavy atom. The lowest BCUT2D eigenvalue weighted by atomic mass is 10.0. The van der Waals surface area contributed by atoms with E-state index in [0.29, 0.717) is 6.54 Å². The second-order valence-electron chi connectivity index (χ2n) is 5.87. The van der Waals surface area contributed by atoms with Gasteiger partial charge in [0.25, 0.3) is 0 Å². The third kappa shape index (κ3) is 5.56. The van der Waals surface area contributed by atoms with Gasteiger partial charge in [0, 0.05) is 6.54 Å². The zero-order valence-electron chi connectivity index (χ0n) is 14.1. The SMILES string of the molecule is CC(CNC(=O)CN(c1cccc(F)c1)S(C)(=O)=O)c1ccccc1. The number of halogens is 1. The summed E-state index contributed by atoms with van der Waals surface area (Å²) in [6.07, 6.45) is 0.984. The van der Waals surface area contributed by atoms with Crippen molar-refractivity contribution < 1.29 is 17.6 Å². The molecule has 134 valence electrons. The average molecular weight is 364 g/mol. The molecule has 5 nitrogen and oxygen atoms in total. The Hall–Kier alpha value is -2.41. The van der Waals surface area contributed by atoms with Crippen molar-refractivity contribution in [3.8, 4) is 0 Å². The van der Waals surface area contributed by atoms with Crippen LogP contribution in [0.2, 0.25) is 0 Å². The third-order valence-electron chi connectivity index (χ3n) is 3.76. The van der Waals surface area contributed by atoms with Crippen LogP contribution in [0, 0.1) is 5.82 Å². The van der Waals surface area contributed by atoms with Crippen LogP contribution in [-0.4, -0.2) is 33.7 Å². The number of amides is 1. The van der Waals surface area contributed by atoms with Crippen molar-refractivity contribution in [2.45, 2.75) is 12.8 Å². The van der Waals surface area contributed by atoms with E-state index >= 15 is 0 Å². The van der Waals surface area contributed by atoms with E-state index in [0.717, 1.165) is 22.2 Å². The normalized spacial score (nSPS) is 12.4. The van der Waals surface area contributed by atoms with Crippen LogP contribution in [0.4, 0.5) is 10.1 Å². The van der Waals surface area contributed by atoms with Gasteiger partial charge in [0.05, 0.1) is 11.9 Å². The summed E-state index contributed by atoms with van der Waals surface area (Å²) in [6, 6.07) is 14.8. The Morgan fingerprint density at radius 2 is 1.84 bits per heavy atom. The molecule has 2 aromatic rings. The number of hydrogen-bond acceptors (Lipinski definition) is 3. The summed E-state index contributed by atoms with van der Waals surface area (Å²) in [4.78, 5) is 12.2. The molecule has 2 aromatic carbocycles. The first-order valence-electron chi connectivity index (χ1n) is 7.82. The number of carbonyl (C=O) groups excluding carboxylic acids is 1. The predicted molar refractivity (Wildman–Crippen MR) is 96.5 cm³/mol. The van der Waals surface area contributed by atoms with Crippen LogP contribution in [0.15, 0.2) is 54.6 Å². The lowest BCUT2D eigenvalue weighted by molar-refractivity contribution is -0.119. The Kier molecular flexibility index (Phi) is 6.14. The molecule has 0 fully saturated rings. The van der Waals surface area contributed by atoms with Crippen LogP contribution >= 0.6 is 0 Å². The number of carbonyl (C=O) groups is 1. The van der Waals surface area contributed by atoms with Crippen molar-refractivity contribution in [1.82, 2.24) is 5.32 Å². The molecular formula is C18H21FN2O3S. The summed E-state index contributed by atoms with van der Waals surface area (Å²) in [6.45, 7) is 1.95. The zero-order valence-corrected chi connectivity index (χ0v) is 15.0. The Balaban J connectivity index is 2.03. The molecule has 0 aliphatic carbocycles. The van der Waals surface area contributed by atoms with Crippen molar-refractivity contribution >= 4 is 21.6 Å². The monoisotopic (exact) mass is 364 g/mol. The van der Waals surface area contributed by atoms with Crippen LogP contribution in [0.5, 0.6) is 0 Å². The van der Waals surface area contributed by atoms with Gasteiger partial charge < -0.3 is 5.32 Å². The Morgan fingerprint density at radius 3 is 2.44 bits per heavy atom. The standard InChI is InChI=1S/C18H21FN2O3S/c1-14(15-7-4-3-5-8-15)12-20-18(22)13-21(25(2,23)24)17-10-6-9-16(19)11-17/h3-11,14H,12-13H2,1-2H3,(H,20,22). The zero-order chi connectivity index (χ0) is 18.4. The molecule has 0 bridgehead atoms. The number of sulfonamides is 1. The topological polar surface area (TPSA) is 66.5 Å². The van der Waals surface area contributed by atoms with Crippen LogP contribution in [-0.2, 0) is 14.8 Å². The number of nitrogens with one attached hydrogen (secondary N) is 1. The van der Waals surface area contributed by atoms with Gasteiger partial charge >= 0.3 is 0 Å². The highest BCUT2D eigenvalue weighted by Gasteiger charge is 2.21. The quantitative estimate of drug-likeness (QED) is 0.821. The highest BCUT2D eigenvalue weighted by atomic mass is 32.2. The number of nitrogens with zero attached hydrogens (tertiary/aromatic N) is 1. The van der Waals surface area contributed by atoms with E-state index in [1.54, 1.807) is 0 Å². The Bertz CT molecular complexity index is 825. The second kappa shape index (κ2) is 8.11. The molecule has 1 atom stereocenters. The number of hydrogen-bond donors (Lipinski definition) is 1. The highest BCUT2D eigenvalue weighted by Crippen LogP contribution is 2.18. The van der Waals surface area contributed by atoms with Gasteiger partial charge in [-0.25, -0.2) is 12.8 Å². The van der Waals surface area contributed by atoms with Gasteiger partial charge in [-0.05, 0) is 29.7 Å². The van der Waals surface area contributed by atoms with Crippen LogP contribution in [0.3, 0.4) is 0 Å². The third-order valence-corrected chi connectivity index (χ3v) is 4.90. The summed E-state index contributed by atoms with van der Waals surface area (Å²) in [7, 11) is -3.71. The van der Waals surface area contributed by atoms with Gasteiger partial charge in [-0.15, -0.1) is 0 Å². The smallest absolute Gasteiger partial charge is 0.240 e. The van der Waals surface area contributed by atoms with Gasteiger partial charge in [0.15, 0.2) is 0 Å². The first-order valence-corrected chi connectivity index (χ1v) is 9.67. The lowest BCUT2D eigenvalue weighted by Crippen LogP contribution is -2.41. The minimum atomic E-state index is -3.71. The molecule has 1 N–H and O–H groups in total. The minimum absolute atomic E-state index is 0.0889. The van der Waals surface area contributed by atoms with Crippen molar-refractivity contribution in [3.05, 3.63) is 66.0 Å². The summed E-state index contributed by atoms with van der Waals surface area (Å²) in [5.41, 5.74) is 1.20. The average Bonchev–Trinajstić information content (AvgIpc) is 2.57. The number of anilines is 1.